The summed E-state index contributed by atoms with van der Waals surface area (Å²) < 4.78 is 39.7. The molecule has 0 heterocycles. The molecule has 0 aliphatic carbocycles. The lowest BCUT2D eigenvalue weighted by atomic mass is 10.2. The second-order valence-electron chi connectivity index (χ2n) is 6.15. The van der Waals surface area contributed by atoms with Crippen LogP contribution in [0.1, 0.15) is 5.56 Å². The van der Waals surface area contributed by atoms with Gasteiger partial charge in [-0.25, -0.2) is 13.2 Å². The number of hydrogen-bond donors (Lipinski definition) is 3. The highest BCUT2D eigenvalue weighted by Gasteiger charge is 2.19. The van der Waals surface area contributed by atoms with Gasteiger partial charge >= 0.3 is 0 Å². The molecule has 5 N–H and O–H groups in total. The summed E-state index contributed by atoms with van der Waals surface area (Å²) in [5.41, 5.74) is 9.12. The van der Waals surface area contributed by atoms with Gasteiger partial charge < -0.3 is 16.8 Å². The van der Waals surface area contributed by atoms with Gasteiger partial charge in [0.2, 0.25) is 0 Å². The molecule has 0 amide bonds. The van der Waals surface area contributed by atoms with E-state index in [1.165, 1.54) is 12.1 Å². The highest BCUT2D eigenvalue weighted by molar-refractivity contribution is 9.10. The number of nitrogens with one attached hydrogen (secondary N) is 1. The maximum atomic E-state index is 13.9. The summed E-state index contributed by atoms with van der Waals surface area (Å²) in [6.07, 6.45) is 0. The number of nitrogens with zero attached hydrogens (tertiary/aromatic N) is 2. The maximum absolute atomic E-state index is 13.9. The standard InChI is InChI=1S/C13H11BrFN3O2.C6H4F2N2O2/c14-9-3-1-8(2-4-9)7-17-10-5-6-11(18(19)20)13(16)12(10)15;7-3-1-2-4(10(11)12)6(9)5(3)8/h1-6,17H,7,16H2;1-2H,9H2. The van der Waals surface area contributed by atoms with Gasteiger partial charge in [-0.1, -0.05) is 28.1 Å². The van der Waals surface area contributed by atoms with Crippen LogP contribution >= 0.6 is 15.9 Å². The van der Waals surface area contributed by atoms with Crippen LogP contribution in [0.25, 0.3) is 0 Å². The molecule has 0 fully saturated rings. The van der Waals surface area contributed by atoms with E-state index in [0.717, 1.165) is 16.1 Å². The molecule has 0 bridgehead atoms. The zero-order valence-electron chi connectivity index (χ0n) is 16.0. The third-order valence-electron chi connectivity index (χ3n) is 4.06. The third kappa shape index (κ3) is 5.85. The summed E-state index contributed by atoms with van der Waals surface area (Å²) in [5, 5.41) is 23.6. The molecule has 32 heavy (non-hydrogen) atoms. The fraction of sp³-hybridized carbons (Fsp3) is 0.0526. The minimum Gasteiger partial charge on any atom is -0.391 e. The molecule has 3 rings (SSSR count). The number of hydrogen-bond acceptors (Lipinski definition) is 7. The van der Waals surface area contributed by atoms with E-state index in [2.05, 4.69) is 21.2 Å². The zero-order valence-corrected chi connectivity index (χ0v) is 17.6. The first kappa shape index (κ1) is 24.4. The summed E-state index contributed by atoms with van der Waals surface area (Å²) in [6, 6.07) is 11.5. The van der Waals surface area contributed by atoms with Crippen LogP contribution in [0.3, 0.4) is 0 Å². The Kier molecular flexibility index (Phi) is 7.96. The Balaban J connectivity index is 0.000000258. The Hall–Kier alpha value is -3.87. The van der Waals surface area contributed by atoms with Gasteiger partial charge in [0.15, 0.2) is 17.5 Å². The van der Waals surface area contributed by atoms with Crippen molar-refractivity contribution in [1.29, 1.82) is 0 Å². The van der Waals surface area contributed by atoms with Crippen molar-refractivity contribution in [2.45, 2.75) is 6.54 Å². The van der Waals surface area contributed by atoms with Crippen LogP contribution in [0.4, 0.5) is 41.6 Å². The summed E-state index contributed by atoms with van der Waals surface area (Å²) in [5.74, 6) is -3.39. The second kappa shape index (κ2) is 10.4. The minimum atomic E-state index is -1.38. The second-order valence-corrected chi connectivity index (χ2v) is 7.06. The van der Waals surface area contributed by atoms with Crippen molar-refractivity contribution in [3.8, 4) is 0 Å². The van der Waals surface area contributed by atoms with Crippen LogP contribution in [0, 0.1) is 37.7 Å². The van der Waals surface area contributed by atoms with E-state index < -0.39 is 50.0 Å². The molecular weight excluding hydrogens is 499 g/mol. The lowest BCUT2D eigenvalue weighted by molar-refractivity contribution is -0.384. The van der Waals surface area contributed by atoms with Gasteiger partial charge in [0.25, 0.3) is 11.4 Å². The van der Waals surface area contributed by atoms with Gasteiger partial charge in [-0.05, 0) is 29.8 Å². The summed E-state index contributed by atoms with van der Waals surface area (Å²) in [7, 11) is 0. The van der Waals surface area contributed by atoms with Crippen LogP contribution in [-0.4, -0.2) is 9.85 Å². The van der Waals surface area contributed by atoms with Crippen LogP contribution < -0.4 is 16.8 Å². The number of benzene rings is 3. The molecule has 0 unspecified atom stereocenters. The first-order valence-electron chi connectivity index (χ1n) is 8.61. The average molecular weight is 514 g/mol. The van der Waals surface area contributed by atoms with Gasteiger partial charge in [0, 0.05) is 23.2 Å². The van der Waals surface area contributed by atoms with Crippen LogP contribution in [-0.2, 0) is 6.54 Å². The van der Waals surface area contributed by atoms with Crippen molar-refractivity contribution in [3.05, 3.63) is 96.2 Å². The molecule has 0 saturated carbocycles. The number of rotatable bonds is 5. The highest BCUT2D eigenvalue weighted by atomic mass is 79.9. The molecule has 3 aromatic carbocycles. The predicted molar refractivity (Wildman–Crippen MR) is 116 cm³/mol. The highest BCUT2D eigenvalue weighted by Crippen LogP contribution is 2.30. The molecule has 9 nitrogen and oxygen atoms in total. The number of nitro groups is 2. The minimum absolute atomic E-state index is 0.135. The van der Waals surface area contributed by atoms with Gasteiger partial charge in [-0.15, -0.1) is 0 Å². The molecule has 168 valence electrons. The largest absolute Gasteiger partial charge is 0.391 e. The summed E-state index contributed by atoms with van der Waals surface area (Å²) >= 11 is 3.32. The molecule has 0 aliphatic rings. The number of nitro benzene ring substituents is 2. The average Bonchev–Trinajstić information content (AvgIpc) is 2.74. The van der Waals surface area contributed by atoms with Crippen molar-refractivity contribution in [3.63, 3.8) is 0 Å². The van der Waals surface area contributed by atoms with Crippen molar-refractivity contribution in [1.82, 2.24) is 0 Å². The van der Waals surface area contributed by atoms with Crippen LogP contribution in [0.15, 0.2) is 53.0 Å². The van der Waals surface area contributed by atoms with E-state index >= 15 is 0 Å². The van der Waals surface area contributed by atoms with Gasteiger partial charge in [-0.2, -0.15) is 0 Å². The molecule has 0 aliphatic heterocycles. The first-order valence-corrected chi connectivity index (χ1v) is 9.40. The molecule has 0 atom stereocenters. The van der Waals surface area contributed by atoms with E-state index in [4.69, 9.17) is 11.5 Å². The molecule has 3 aromatic rings. The number of halogens is 4. The number of anilines is 3. The van der Waals surface area contributed by atoms with E-state index in [1.807, 2.05) is 24.3 Å². The fourth-order valence-corrected chi connectivity index (χ4v) is 2.66. The van der Waals surface area contributed by atoms with Gasteiger partial charge in [-0.3, -0.25) is 20.2 Å². The lowest BCUT2D eigenvalue weighted by Crippen LogP contribution is -2.05. The molecule has 0 aromatic heterocycles. The Labute approximate surface area is 187 Å². The zero-order chi connectivity index (χ0) is 24.0. The van der Waals surface area contributed by atoms with E-state index in [1.54, 1.807) is 0 Å². The lowest BCUT2D eigenvalue weighted by Gasteiger charge is -2.09. The van der Waals surface area contributed by atoms with E-state index in [-0.39, 0.29) is 5.69 Å². The molecule has 0 saturated heterocycles. The summed E-state index contributed by atoms with van der Waals surface area (Å²) in [4.78, 5) is 19.2. The van der Waals surface area contributed by atoms with E-state index in [0.29, 0.717) is 12.6 Å². The van der Waals surface area contributed by atoms with Crippen molar-refractivity contribution in [2.24, 2.45) is 0 Å². The van der Waals surface area contributed by atoms with Crippen molar-refractivity contribution < 1.29 is 23.0 Å². The van der Waals surface area contributed by atoms with Crippen LogP contribution in [0.5, 0.6) is 0 Å². The molecule has 0 radical (unpaired) electrons. The Morgan fingerprint density at radius 2 is 1.31 bits per heavy atom. The van der Waals surface area contributed by atoms with Crippen molar-refractivity contribution in [2.75, 3.05) is 16.8 Å². The van der Waals surface area contributed by atoms with Crippen molar-refractivity contribution >= 4 is 44.4 Å². The molecule has 13 heteroatoms. The topological polar surface area (TPSA) is 150 Å². The SMILES string of the molecule is Nc1c([N+](=O)[O-])ccc(F)c1F.Nc1c([N+](=O)[O-])ccc(NCc2ccc(Br)cc2)c1F. The number of nitrogens with two attached hydrogens (primary N) is 2. The van der Waals surface area contributed by atoms with Crippen LogP contribution in [0.2, 0.25) is 0 Å². The van der Waals surface area contributed by atoms with E-state index in [9.17, 15) is 33.4 Å². The third-order valence-corrected chi connectivity index (χ3v) is 4.58. The quantitative estimate of drug-likeness (QED) is 0.242. The Morgan fingerprint density at radius 3 is 1.84 bits per heavy atom. The molecular formula is C19H15BrF3N5O4. The molecule has 0 spiro atoms. The number of nitrogen functional groups attached to an aromatic ring is 2. The smallest absolute Gasteiger partial charge is 0.295 e. The van der Waals surface area contributed by atoms with Gasteiger partial charge in [0.1, 0.15) is 11.4 Å². The fourth-order valence-electron chi connectivity index (χ4n) is 2.39. The summed E-state index contributed by atoms with van der Waals surface area (Å²) in [6.45, 7) is 0.390. The maximum Gasteiger partial charge on any atom is 0.295 e. The van der Waals surface area contributed by atoms with Gasteiger partial charge in [0.05, 0.1) is 15.5 Å². The first-order chi connectivity index (χ1) is 15.0. The Morgan fingerprint density at radius 1 is 0.812 bits per heavy atom. The monoisotopic (exact) mass is 513 g/mol. The Bertz CT molecular complexity index is 1160. The predicted octanol–water partition coefficient (Wildman–Crippen LogP) is 5.15. The normalized spacial score (nSPS) is 10.1.